The molecular weight excluding hydrogens is 318 g/mol. The third kappa shape index (κ3) is 2.82. The molecule has 3 aromatic heterocycles. The van der Waals surface area contributed by atoms with Gasteiger partial charge in [-0.2, -0.15) is 14.6 Å². The molecule has 0 aliphatic heterocycles. The van der Waals surface area contributed by atoms with Gasteiger partial charge >= 0.3 is 0 Å². The summed E-state index contributed by atoms with van der Waals surface area (Å²) in [6.45, 7) is 6.44. The second kappa shape index (κ2) is 5.97. The Morgan fingerprint density at radius 1 is 1.12 bits per heavy atom. The maximum absolute atomic E-state index is 5.02. The van der Waals surface area contributed by atoms with Crippen molar-refractivity contribution in [1.82, 2.24) is 30.0 Å². The highest BCUT2D eigenvalue weighted by atomic mass is 16.5. The molecule has 0 saturated heterocycles. The number of aromatic nitrogens is 6. The SMILES string of the molecule is Cc1nc(-c2ccc(CNc3c(C)c(C)nn4cnnc34)cc2)no1. The van der Waals surface area contributed by atoms with Crippen LogP contribution in [0, 0.1) is 20.8 Å². The lowest BCUT2D eigenvalue weighted by Gasteiger charge is -2.12. The summed E-state index contributed by atoms with van der Waals surface area (Å²) in [5.41, 5.74) is 5.74. The maximum Gasteiger partial charge on any atom is 0.223 e. The Morgan fingerprint density at radius 2 is 1.92 bits per heavy atom. The number of benzene rings is 1. The lowest BCUT2D eigenvalue weighted by Crippen LogP contribution is -2.07. The summed E-state index contributed by atoms with van der Waals surface area (Å²) in [6, 6.07) is 8.05. The van der Waals surface area contributed by atoms with Crippen molar-refractivity contribution >= 4 is 11.3 Å². The van der Waals surface area contributed by atoms with Gasteiger partial charge in [-0.05, 0) is 25.0 Å². The Bertz CT molecular complexity index is 1030. The molecule has 3 heterocycles. The molecule has 0 amide bonds. The highest BCUT2D eigenvalue weighted by molar-refractivity contribution is 5.71. The predicted octanol–water partition coefficient (Wildman–Crippen LogP) is 2.71. The fourth-order valence-corrected chi connectivity index (χ4v) is 2.64. The molecule has 8 nitrogen and oxygen atoms in total. The van der Waals surface area contributed by atoms with Crippen LogP contribution in [0.5, 0.6) is 0 Å². The van der Waals surface area contributed by atoms with E-state index in [1.807, 2.05) is 38.1 Å². The van der Waals surface area contributed by atoms with E-state index in [0.717, 1.165) is 33.7 Å². The van der Waals surface area contributed by atoms with Crippen LogP contribution in [-0.2, 0) is 6.54 Å². The molecule has 0 fully saturated rings. The first kappa shape index (κ1) is 15.3. The normalized spacial score (nSPS) is 11.2. The van der Waals surface area contributed by atoms with Gasteiger partial charge in [0.25, 0.3) is 0 Å². The van der Waals surface area contributed by atoms with E-state index in [1.54, 1.807) is 17.8 Å². The zero-order valence-corrected chi connectivity index (χ0v) is 14.2. The predicted molar refractivity (Wildman–Crippen MR) is 92.1 cm³/mol. The van der Waals surface area contributed by atoms with E-state index in [1.165, 1.54) is 0 Å². The van der Waals surface area contributed by atoms with Crippen LogP contribution in [0.1, 0.15) is 22.7 Å². The second-order valence-electron chi connectivity index (χ2n) is 5.87. The molecule has 0 atom stereocenters. The summed E-state index contributed by atoms with van der Waals surface area (Å²) in [7, 11) is 0. The average Bonchev–Trinajstić information content (AvgIpc) is 3.24. The topological polar surface area (TPSA) is 94.0 Å². The zero-order valence-electron chi connectivity index (χ0n) is 14.2. The van der Waals surface area contributed by atoms with Crippen molar-refractivity contribution < 1.29 is 4.52 Å². The number of fused-ring (bicyclic) bond motifs is 1. The van der Waals surface area contributed by atoms with Gasteiger partial charge in [-0.25, -0.2) is 0 Å². The molecule has 0 spiro atoms. The van der Waals surface area contributed by atoms with Crippen molar-refractivity contribution in [2.45, 2.75) is 27.3 Å². The molecule has 1 N–H and O–H groups in total. The summed E-state index contributed by atoms with van der Waals surface area (Å²) in [4.78, 5) is 4.24. The van der Waals surface area contributed by atoms with Gasteiger partial charge in [-0.3, -0.25) is 0 Å². The Kier molecular flexibility index (Phi) is 3.64. The molecule has 0 aliphatic carbocycles. The van der Waals surface area contributed by atoms with Crippen molar-refractivity contribution in [3.8, 4) is 11.4 Å². The zero-order chi connectivity index (χ0) is 17.4. The molecule has 1 aromatic carbocycles. The fraction of sp³-hybridized carbons (Fsp3) is 0.235. The number of nitrogens with one attached hydrogen (secondary N) is 1. The lowest BCUT2D eigenvalue weighted by molar-refractivity contribution is 0.394. The Balaban J connectivity index is 1.56. The summed E-state index contributed by atoms with van der Waals surface area (Å²) >= 11 is 0. The van der Waals surface area contributed by atoms with Crippen LogP contribution in [0.2, 0.25) is 0 Å². The smallest absolute Gasteiger partial charge is 0.223 e. The molecule has 4 rings (SSSR count). The molecular formula is C17H17N7O. The minimum atomic E-state index is 0.557. The van der Waals surface area contributed by atoms with Crippen molar-refractivity contribution in [2.75, 3.05) is 5.32 Å². The van der Waals surface area contributed by atoms with Crippen LogP contribution in [-0.4, -0.2) is 30.0 Å². The van der Waals surface area contributed by atoms with E-state index in [0.29, 0.717) is 18.3 Å². The first-order chi connectivity index (χ1) is 12.1. The first-order valence-corrected chi connectivity index (χ1v) is 7.92. The van der Waals surface area contributed by atoms with Crippen molar-refractivity contribution in [2.24, 2.45) is 0 Å². The van der Waals surface area contributed by atoms with Gasteiger partial charge in [0.2, 0.25) is 17.4 Å². The number of anilines is 1. The minimum absolute atomic E-state index is 0.557. The van der Waals surface area contributed by atoms with E-state index in [9.17, 15) is 0 Å². The number of hydrogen-bond acceptors (Lipinski definition) is 7. The highest BCUT2D eigenvalue weighted by Gasteiger charge is 2.11. The molecule has 0 unspecified atom stereocenters. The van der Waals surface area contributed by atoms with E-state index in [-0.39, 0.29) is 0 Å². The van der Waals surface area contributed by atoms with Gasteiger partial charge in [0.1, 0.15) is 6.33 Å². The first-order valence-electron chi connectivity index (χ1n) is 7.92. The Morgan fingerprint density at radius 3 is 2.64 bits per heavy atom. The van der Waals surface area contributed by atoms with Crippen LogP contribution in [0.25, 0.3) is 17.0 Å². The van der Waals surface area contributed by atoms with E-state index in [2.05, 4.69) is 30.8 Å². The van der Waals surface area contributed by atoms with Gasteiger partial charge in [0, 0.05) is 19.0 Å². The van der Waals surface area contributed by atoms with Crippen LogP contribution >= 0.6 is 0 Å². The van der Waals surface area contributed by atoms with Crippen LogP contribution in [0.15, 0.2) is 35.1 Å². The number of rotatable bonds is 4. The van der Waals surface area contributed by atoms with Crippen LogP contribution in [0.3, 0.4) is 0 Å². The highest BCUT2D eigenvalue weighted by Crippen LogP contribution is 2.23. The molecule has 0 aliphatic rings. The maximum atomic E-state index is 5.02. The van der Waals surface area contributed by atoms with E-state index >= 15 is 0 Å². The second-order valence-corrected chi connectivity index (χ2v) is 5.87. The largest absolute Gasteiger partial charge is 0.378 e. The van der Waals surface area contributed by atoms with Crippen LogP contribution in [0.4, 0.5) is 5.69 Å². The molecule has 0 radical (unpaired) electrons. The average molecular weight is 335 g/mol. The standard InChI is InChI=1S/C17H17N7O/c1-10-11(2)22-24-9-19-21-17(24)15(10)18-8-13-4-6-14(7-5-13)16-20-12(3)25-23-16/h4-7,9,18H,8H2,1-3H3. The fourth-order valence-electron chi connectivity index (χ4n) is 2.64. The monoisotopic (exact) mass is 335 g/mol. The van der Waals surface area contributed by atoms with E-state index in [4.69, 9.17) is 4.52 Å². The number of aryl methyl sites for hydroxylation is 2. The van der Waals surface area contributed by atoms with Gasteiger partial charge in [0.05, 0.1) is 11.4 Å². The third-order valence-electron chi connectivity index (χ3n) is 4.14. The minimum Gasteiger partial charge on any atom is -0.378 e. The van der Waals surface area contributed by atoms with Crippen molar-refractivity contribution in [3.05, 3.63) is 53.3 Å². The number of hydrogen-bond donors (Lipinski definition) is 1. The lowest BCUT2D eigenvalue weighted by atomic mass is 10.1. The Labute approximate surface area is 143 Å². The summed E-state index contributed by atoms with van der Waals surface area (Å²) < 4.78 is 6.70. The molecule has 0 bridgehead atoms. The van der Waals surface area contributed by atoms with E-state index < -0.39 is 0 Å². The van der Waals surface area contributed by atoms with Gasteiger partial charge in [-0.1, -0.05) is 29.4 Å². The van der Waals surface area contributed by atoms with Crippen molar-refractivity contribution in [1.29, 1.82) is 0 Å². The number of nitrogens with zero attached hydrogens (tertiary/aromatic N) is 6. The van der Waals surface area contributed by atoms with Crippen molar-refractivity contribution in [3.63, 3.8) is 0 Å². The van der Waals surface area contributed by atoms with Gasteiger partial charge in [0.15, 0.2) is 0 Å². The van der Waals surface area contributed by atoms with Gasteiger partial charge < -0.3 is 9.84 Å². The summed E-state index contributed by atoms with van der Waals surface area (Å²) in [5, 5.41) is 19.9. The molecule has 4 aromatic rings. The summed E-state index contributed by atoms with van der Waals surface area (Å²) in [6.07, 6.45) is 1.61. The van der Waals surface area contributed by atoms with Crippen LogP contribution < -0.4 is 5.32 Å². The quantitative estimate of drug-likeness (QED) is 0.612. The third-order valence-corrected chi connectivity index (χ3v) is 4.14. The molecule has 25 heavy (non-hydrogen) atoms. The molecule has 0 saturated carbocycles. The van der Waals surface area contributed by atoms with Gasteiger partial charge in [-0.15, -0.1) is 10.2 Å². The summed E-state index contributed by atoms with van der Waals surface area (Å²) in [5.74, 6) is 1.16. The molecule has 126 valence electrons. The Hall–Kier alpha value is -3.29. The molecule has 8 heteroatoms.